The lowest BCUT2D eigenvalue weighted by Crippen LogP contribution is -2.52. The van der Waals surface area contributed by atoms with Crippen molar-refractivity contribution in [3.05, 3.63) is 47.2 Å². The largest absolute Gasteiger partial charge is 0.492 e. The van der Waals surface area contributed by atoms with Crippen LogP contribution < -0.4 is 9.64 Å². The van der Waals surface area contributed by atoms with Crippen LogP contribution in [-0.4, -0.2) is 53.6 Å². The molecule has 1 aromatic heterocycles. The van der Waals surface area contributed by atoms with Gasteiger partial charge in [-0.2, -0.15) is 0 Å². The molecule has 1 atom stereocenters. The van der Waals surface area contributed by atoms with Gasteiger partial charge in [0.25, 0.3) is 0 Å². The molecule has 6 nitrogen and oxygen atoms in total. The smallest absolute Gasteiger partial charge is 0.229 e. The minimum Gasteiger partial charge on any atom is -0.492 e. The SMILES string of the molecule is O=C([C@@H]1COc2ccc(Cl)cc2C1)N1CCN(c2ncccn2)CC1. The number of nitrogens with zero attached hydrogens (tertiary/aromatic N) is 4. The molecule has 25 heavy (non-hydrogen) atoms. The topological polar surface area (TPSA) is 58.6 Å². The average Bonchev–Trinajstić information content (AvgIpc) is 2.67. The van der Waals surface area contributed by atoms with Crippen LogP contribution in [0.15, 0.2) is 36.7 Å². The molecule has 0 unspecified atom stereocenters. The Morgan fingerprint density at radius 1 is 1.16 bits per heavy atom. The first-order valence-corrected chi connectivity index (χ1v) is 8.80. The maximum Gasteiger partial charge on any atom is 0.229 e. The van der Waals surface area contributed by atoms with Crippen LogP contribution in [0.5, 0.6) is 5.75 Å². The fourth-order valence-corrected chi connectivity index (χ4v) is 3.56. The van der Waals surface area contributed by atoms with Crippen molar-refractivity contribution in [3.8, 4) is 5.75 Å². The molecule has 1 saturated heterocycles. The molecule has 0 spiro atoms. The number of piperazine rings is 1. The van der Waals surface area contributed by atoms with Crippen molar-refractivity contribution in [2.24, 2.45) is 5.92 Å². The predicted molar refractivity (Wildman–Crippen MR) is 95.0 cm³/mol. The number of aromatic nitrogens is 2. The zero-order valence-electron chi connectivity index (χ0n) is 13.8. The van der Waals surface area contributed by atoms with Gasteiger partial charge in [0.05, 0.1) is 5.92 Å². The van der Waals surface area contributed by atoms with Gasteiger partial charge in [-0.05, 0) is 36.2 Å². The second-order valence-corrected chi connectivity index (χ2v) is 6.76. The highest BCUT2D eigenvalue weighted by Crippen LogP contribution is 2.30. The first kappa shape index (κ1) is 16.1. The van der Waals surface area contributed by atoms with E-state index in [2.05, 4.69) is 14.9 Å². The Morgan fingerprint density at radius 2 is 1.92 bits per heavy atom. The molecule has 2 aliphatic heterocycles. The fourth-order valence-electron chi connectivity index (χ4n) is 3.36. The van der Waals surface area contributed by atoms with Gasteiger partial charge >= 0.3 is 0 Å². The van der Waals surface area contributed by atoms with Crippen LogP contribution >= 0.6 is 11.6 Å². The standard InChI is InChI=1S/C18H19ClN4O2/c19-15-2-3-16-13(11-15)10-14(12-25-16)17(24)22-6-8-23(9-7-22)18-20-4-1-5-21-18/h1-5,11,14H,6-10,12H2/t14-/m0/s1. The van der Waals surface area contributed by atoms with Crippen LogP contribution in [0.4, 0.5) is 5.95 Å². The number of fused-ring (bicyclic) bond motifs is 1. The van der Waals surface area contributed by atoms with Crippen molar-refractivity contribution in [2.75, 3.05) is 37.7 Å². The number of ether oxygens (including phenoxy) is 1. The Hall–Kier alpha value is -2.34. The Balaban J connectivity index is 1.38. The molecule has 4 rings (SSSR count). The third-order valence-corrected chi connectivity index (χ3v) is 4.94. The van der Waals surface area contributed by atoms with Crippen molar-refractivity contribution in [2.45, 2.75) is 6.42 Å². The number of halogens is 1. The van der Waals surface area contributed by atoms with Gasteiger partial charge in [-0.1, -0.05) is 11.6 Å². The van der Waals surface area contributed by atoms with E-state index in [1.54, 1.807) is 18.5 Å². The molecule has 1 fully saturated rings. The lowest BCUT2D eigenvalue weighted by atomic mass is 9.95. The third-order valence-electron chi connectivity index (χ3n) is 4.70. The van der Waals surface area contributed by atoms with E-state index < -0.39 is 0 Å². The number of anilines is 1. The fraction of sp³-hybridized carbons (Fsp3) is 0.389. The number of hydrogen-bond acceptors (Lipinski definition) is 5. The first-order valence-electron chi connectivity index (χ1n) is 8.43. The van der Waals surface area contributed by atoms with Crippen LogP contribution in [0.25, 0.3) is 0 Å². The summed E-state index contributed by atoms with van der Waals surface area (Å²) in [5, 5.41) is 0.673. The number of carbonyl (C=O) groups excluding carboxylic acids is 1. The number of benzene rings is 1. The first-order chi connectivity index (χ1) is 12.2. The van der Waals surface area contributed by atoms with E-state index in [-0.39, 0.29) is 11.8 Å². The minimum atomic E-state index is -0.148. The summed E-state index contributed by atoms with van der Waals surface area (Å²) in [5.41, 5.74) is 1.01. The van der Waals surface area contributed by atoms with Crippen LogP contribution in [0.3, 0.4) is 0 Å². The second-order valence-electron chi connectivity index (χ2n) is 6.33. The van der Waals surface area contributed by atoms with E-state index in [0.717, 1.165) is 30.4 Å². The van der Waals surface area contributed by atoms with Gasteiger partial charge in [0.15, 0.2) is 0 Å². The van der Waals surface area contributed by atoms with E-state index in [1.165, 1.54) is 0 Å². The third kappa shape index (κ3) is 3.39. The molecule has 7 heteroatoms. The van der Waals surface area contributed by atoms with Gasteiger partial charge in [-0.25, -0.2) is 9.97 Å². The Bertz CT molecular complexity index is 763. The maximum absolute atomic E-state index is 12.9. The molecule has 2 aromatic rings. The van der Waals surface area contributed by atoms with E-state index in [1.807, 2.05) is 23.1 Å². The lowest BCUT2D eigenvalue weighted by Gasteiger charge is -2.37. The van der Waals surface area contributed by atoms with Gasteiger partial charge in [0.1, 0.15) is 12.4 Å². The van der Waals surface area contributed by atoms with Gasteiger partial charge in [-0.15, -0.1) is 0 Å². The normalized spacial score (nSPS) is 20.0. The molecule has 0 aliphatic carbocycles. The summed E-state index contributed by atoms with van der Waals surface area (Å²) in [5.74, 6) is 1.56. The van der Waals surface area contributed by atoms with Crippen LogP contribution in [-0.2, 0) is 11.2 Å². The molecular weight excluding hydrogens is 340 g/mol. The molecule has 130 valence electrons. The van der Waals surface area contributed by atoms with Gasteiger partial charge < -0.3 is 14.5 Å². The summed E-state index contributed by atoms with van der Waals surface area (Å²) in [6, 6.07) is 7.38. The number of carbonyl (C=O) groups is 1. The van der Waals surface area contributed by atoms with Crippen LogP contribution in [0.2, 0.25) is 5.02 Å². The minimum absolute atomic E-state index is 0.148. The van der Waals surface area contributed by atoms with Gasteiger partial charge in [0, 0.05) is 43.6 Å². The maximum atomic E-state index is 12.9. The molecule has 0 N–H and O–H groups in total. The summed E-state index contributed by atoms with van der Waals surface area (Å²) in [7, 11) is 0. The summed E-state index contributed by atoms with van der Waals surface area (Å²) in [6.45, 7) is 3.26. The summed E-state index contributed by atoms with van der Waals surface area (Å²) >= 11 is 6.06. The summed E-state index contributed by atoms with van der Waals surface area (Å²) < 4.78 is 5.76. The monoisotopic (exact) mass is 358 g/mol. The molecular formula is C18H19ClN4O2. The summed E-state index contributed by atoms with van der Waals surface area (Å²) in [6.07, 6.45) is 4.15. The van der Waals surface area contributed by atoms with Gasteiger partial charge in [-0.3, -0.25) is 4.79 Å². The van der Waals surface area contributed by atoms with Gasteiger partial charge in [0.2, 0.25) is 11.9 Å². The molecule has 0 radical (unpaired) electrons. The average molecular weight is 359 g/mol. The molecule has 2 aliphatic rings. The Kier molecular flexibility index (Phi) is 4.44. The molecule has 0 bridgehead atoms. The van der Waals surface area contributed by atoms with E-state index in [9.17, 15) is 4.79 Å². The summed E-state index contributed by atoms with van der Waals surface area (Å²) in [4.78, 5) is 25.4. The molecule has 3 heterocycles. The number of hydrogen-bond donors (Lipinski definition) is 0. The molecule has 0 saturated carbocycles. The highest BCUT2D eigenvalue weighted by Gasteiger charge is 2.31. The van der Waals surface area contributed by atoms with E-state index in [4.69, 9.17) is 16.3 Å². The van der Waals surface area contributed by atoms with Crippen LogP contribution in [0.1, 0.15) is 5.56 Å². The zero-order valence-corrected chi connectivity index (χ0v) is 14.5. The second kappa shape index (κ2) is 6.88. The van der Waals surface area contributed by atoms with Crippen molar-refractivity contribution < 1.29 is 9.53 Å². The quantitative estimate of drug-likeness (QED) is 0.822. The zero-order chi connectivity index (χ0) is 17.2. The van der Waals surface area contributed by atoms with E-state index in [0.29, 0.717) is 31.1 Å². The predicted octanol–water partition coefficient (Wildman–Crippen LogP) is 2.03. The highest BCUT2D eigenvalue weighted by molar-refractivity contribution is 6.30. The van der Waals surface area contributed by atoms with Crippen molar-refractivity contribution >= 4 is 23.5 Å². The Morgan fingerprint density at radius 3 is 2.68 bits per heavy atom. The number of amides is 1. The molecule has 1 aromatic carbocycles. The van der Waals surface area contributed by atoms with Crippen molar-refractivity contribution in [1.82, 2.24) is 14.9 Å². The Labute approximate surface area is 151 Å². The molecule has 1 amide bonds. The number of rotatable bonds is 2. The van der Waals surface area contributed by atoms with E-state index >= 15 is 0 Å². The highest BCUT2D eigenvalue weighted by atomic mass is 35.5. The van der Waals surface area contributed by atoms with Crippen molar-refractivity contribution in [3.63, 3.8) is 0 Å². The van der Waals surface area contributed by atoms with Crippen molar-refractivity contribution in [1.29, 1.82) is 0 Å². The van der Waals surface area contributed by atoms with Crippen LogP contribution in [0, 0.1) is 5.92 Å². The lowest BCUT2D eigenvalue weighted by molar-refractivity contribution is -0.137.